The molecule has 1 radical (unpaired) electrons. The summed E-state index contributed by atoms with van der Waals surface area (Å²) in [5.41, 5.74) is 4.13. The van der Waals surface area contributed by atoms with Gasteiger partial charge in [0.15, 0.2) is 0 Å². The second-order valence-corrected chi connectivity index (χ2v) is 15.4. The molecular formula is C31H26IrN2SSi-2. The van der Waals surface area contributed by atoms with E-state index < -0.39 is 8.07 Å². The number of hydrogen-bond donors (Lipinski definition) is 0. The van der Waals surface area contributed by atoms with Crippen LogP contribution in [0.15, 0.2) is 103 Å². The minimum atomic E-state index is -1.37. The molecule has 0 unspecified atom stereocenters. The van der Waals surface area contributed by atoms with Gasteiger partial charge in [-0.1, -0.05) is 67.5 Å². The predicted octanol–water partition coefficient (Wildman–Crippen LogP) is 8.01. The van der Waals surface area contributed by atoms with Gasteiger partial charge in [0, 0.05) is 37.2 Å². The maximum atomic E-state index is 4.52. The molecule has 5 heteroatoms. The van der Waals surface area contributed by atoms with Gasteiger partial charge in [-0.3, -0.25) is 0 Å². The molecule has 0 fully saturated rings. The van der Waals surface area contributed by atoms with Gasteiger partial charge in [-0.2, -0.15) is 11.3 Å². The van der Waals surface area contributed by atoms with E-state index in [2.05, 4.69) is 72.1 Å². The van der Waals surface area contributed by atoms with E-state index in [1.165, 1.54) is 20.2 Å². The molecule has 0 atom stereocenters. The molecule has 0 N–H and O–H groups in total. The van der Waals surface area contributed by atoms with Crippen LogP contribution in [0.25, 0.3) is 42.7 Å². The Hall–Kier alpha value is -2.95. The first kappa shape index (κ1) is 26.1. The summed E-state index contributed by atoms with van der Waals surface area (Å²) in [5.74, 6) is 0. The van der Waals surface area contributed by atoms with E-state index in [0.29, 0.717) is 0 Å². The average molecular weight is 679 g/mol. The summed E-state index contributed by atoms with van der Waals surface area (Å²) in [6.07, 6.45) is 3.64. The topological polar surface area (TPSA) is 25.8 Å². The van der Waals surface area contributed by atoms with E-state index in [1.54, 1.807) is 11.4 Å². The van der Waals surface area contributed by atoms with Crippen LogP contribution in [0.1, 0.15) is 0 Å². The third kappa shape index (κ3) is 5.55. The van der Waals surface area contributed by atoms with Crippen LogP contribution in [0.4, 0.5) is 0 Å². The Morgan fingerprint density at radius 3 is 1.97 bits per heavy atom. The molecule has 6 aromatic rings. The second-order valence-electron chi connectivity index (χ2n) is 9.34. The Bertz CT molecular complexity index is 1520. The van der Waals surface area contributed by atoms with Crippen LogP contribution in [0.5, 0.6) is 0 Å². The number of thiophene rings is 1. The van der Waals surface area contributed by atoms with Gasteiger partial charge in [0.25, 0.3) is 0 Å². The summed E-state index contributed by atoms with van der Waals surface area (Å²) in [6.45, 7) is 7.24. The zero-order valence-corrected chi connectivity index (χ0v) is 24.7. The molecule has 36 heavy (non-hydrogen) atoms. The fraction of sp³-hybridized carbons (Fsp3) is 0.0968. The zero-order chi connectivity index (χ0) is 24.3. The van der Waals surface area contributed by atoms with Crippen LogP contribution < -0.4 is 5.19 Å². The van der Waals surface area contributed by atoms with Crippen molar-refractivity contribution in [2.24, 2.45) is 0 Å². The van der Waals surface area contributed by atoms with Crippen LogP contribution in [-0.4, -0.2) is 18.0 Å². The first-order chi connectivity index (χ1) is 17.0. The molecule has 0 bridgehead atoms. The molecule has 0 aliphatic heterocycles. The normalized spacial score (nSPS) is 11.0. The number of hydrogen-bond acceptors (Lipinski definition) is 3. The van der Waals surface area contributed by atoms with Gasteiger partial charge >= 0.3 is 0 Å². The van der Waals surface area contributed by atoms with E-state index in [1.807, 2.05) is 78.2 Å². The fourth-order valence-corrected chi connectivity index (χ4v) is 7.84. The van der Waals surface area contributed by atoms with E-state index in [9.17, 15) is 0 Å². The Kier molecular flexibility index (Phi) is 8.27. The average Bonchev–Trinajstić information content (AvgIpc) is 3.29. The first-order valence-corrected chi connectivity index (χ1v) is 16.0. The van der Waals surface area contributed by atoms with Crippen molar-refractivity contribution in [3.05, 3.63) is 116 Å². The van der Waals surface area contributed by atoms with E-state index in [4.69, 9.17) is 0 Å². The summed E-state index contributed by atoms with van der Waals surface area (Å²) in [6, 6.07) is 37.3. The number of nitrogens with zero attached hydrogens (tertiary/aromatic N) is 2. The van der Waals surface area contributed by atoms with Crippen LogP contribution in [0, 0.1) is 12.1 Å². The molecule has 0 spiro atoms. The monoisotopic (exact) mass is 679 g/mol. The third-order valence-electron chi connectivity index (χ3n) is 5.84. The maximum Gasteiger partial charge on any atom is 0.0794 e. The summed E-state index contributed by atoms with van der Waals surface area (Å²) >= 11 is 1.90. The van der Waals surface area contributed by atoms with Crippen LogP contribution >= 0.6 is 11.3 Å². The molecule has 0 saturated heterocycles. The Labute approximate surface area is 231 Å². The van der Waals surface area contributed by atoms with Gasteiger partial charge in [-0.05, 0) is 38.8 Å². The van der Waals surface area contributed by atoms with Crippen molar-refractivity contribution in [2.75, 3.05) is 0 Å². The largest absolute Gasteiger partial charge is 0.305 e. The molecule has 181 valence electrons. The minimum Gasteiger partial charge on any atom is -0.305 e. The number of fused-ring (bicyclic) bond motifs is 3. The SMILES string of the molecule is C[Si](C)(C)c1cccc2c1sc1c(-c3ccccn3)[c-]ccc12.[Ir].[c-]1ccccc1-c1ccccn1. The van der Waals surface area contributed by atoms with Gasteiger partial charge in [-0.15, -0.1) is 59.7 Å². The second kappa shape index (κ2) is 11.4. The molecule has 0 aliphatic rings. The van der Waals surface area contributed by atoms with Crippen molar-refractivity contribution < 1.29 is 20.1 Å². The molecule has 3 aromatic heterocycles. The third-order valence-corrected chi connectivity index (χ3v) is 9.32. The van der Waals surface area contributed by atoms with Gasteiger partial charge in [0.05, 0.1) is 8.07 Å². The molecule has 2 nitrogen and oxygen atoms in total. The van der Waals surface area contributed by atoms with Crippen molar-refractivity contribution in [1.82, 2.24) is 9.97 Å². The van der Waals surface area contributed by atoms with Crippen molar-refractivity contribution in [3.63, 3.8) is 0 Å². The summed E-state index contributed by atoms with van der Waals surface area (Å²) < 4.78 is 2.74. The molecule has 3 heterocycles. The molecule has 3 aromatic carbocycles. The zero-order valence-electron chi connectivity index (χ0n) is 20.5. The standard InChI is InChI=1S/C20H18NSSi.C11H8N.Ir/c1-23(2,3)18-12-7-9-15-14-8-6-10-16(19(14)22-20(15)18)17-11-4-5-13-21-17;1-2-6-10(7-3-1)11-8-4-5-9-12-11;/h4-9,11-13H,1-3H3;1-6,8-9H;/q2*-1;. The van der Waals surface area contributed by atoms with Crippen LogP contribution in [-0.2, 0) is 20.1 Å². The summed E-state index contributed by atoms with van der Waals surface area (Å²) in [4.78, 5) is 8.74. The van der Waals surface area contributed by atoms with E-state index in [0.717, 1.165) is 22.5 Å². The molecule has 0 aliphatic carbocycles. The number of aromatic nitrogens is 2. The number of benzene rings is 3. The maximum absolute atomic E-state index is 4.52. The summed E-state index contributed by atoms with van der Waals surface area (Å²) in [5, 5.41) is 4.24. The van der Waals surface area contributed by atoms with Crippen LogP contribution in [0.2, 0.25) is 19.6 Å². The quantitative estimate of drug-likeness (QED) is 0.140. The van der Waals surface area contributed by atoms with Gasteiger partial charge in [0.2, 0.25) is 0 Å². The Morgan fingerprint density at radius 1 is 0.639 bits per heavy atom. The van der Waals surface area contributed by atoms with Crippen molar-refractivity contribution >= 4 is 44.8 Å². The smallest absolute Gasteiger partial charge is 0.0794 e. The van der Waals surface area contributed by atoms with Gasteiger partial charge in [0.1, 0.15) is 0 Å². The predicted molar refractivity (Wildman–Crippen MR) is 153 cm³/mol. The number of pyridine rings is 2. The van der Waals surface area contributed by atoms with E-state index in [-0.39, 0.29) is 20.1 Å². The van der Waals surface area contributed by atoms with E-state index >= 15 is 0 Å². The molecule has 0 amide bonds. The molecular weight excluding hydrogens is 653 g/mol. The Balaban J connectivity index is 0.000000198. The molecule has 6 rings (SSSR count). The number of rotatable bonds is 3. The van der Waals surface area contributed by atoms with Crippen molar-refractivity contribution in [3.8, 4) is 22.5 Å². The summed E-state index contributed by atoms with van der Waals surface area (Å²) in [7, 11) is -1.37. The Morgan fingerprint density at radius 2 is 1.33 bits per heavy atom. The van der Waals surface area contributed by atoms with Crippen LogP contribution in [0.3, 0.4) is 0 Å². The first-order valence-electron chi connectivity index (χ1n) is 11.7. The molecule has 0 saturated carbocycles. The van der Waals surface area contributed by atoms with Crippen molar-refractivity contribution in [1.29, 1.82) is 0 Å². The van der Waals surface area contributed by atoms with Gasteiger partial charge in [-0.25, -0.2) is 0 Å². The van der Waals surface area contributed by atoms with Crippen molar-refractivity contribution in [2.45, 2.75) is 19.6 Å². The van der Waals surface area contributed by atoms with Gasteiger partial charge < -0.3 is 9.97 Å². The minimum absolute atomic E-state index is 0. The fourth-order valence-electron chi connectivity index (χ4n) is 4.13.